The number of aromatic amines is 1. The molecular formula is C17H22N4O2S. The SMILES string of the molecule is O=C(Nc1ncc(C2CCCCC2)s1)c1cn[nH]c1C1CCOC1. The molecule has 6 nitrogen and oxygen atoms in total. The molecule has 1 aliphatic heterocycles. The summed E-state index contributed by atoms with van der Waals surface area (Å²) >= 11 is 1.60. The number of amides is 1. The lowest BCUT2D eigenvalue weighted by Gasteiger charge is -2.19. The number of rotatable bonds is 4. The highest BCUT2D eigenvalue weighted by molar-refractivity contribution is 7.15. The molecule has 1 aliphatic carbocycles. The van der Waals surface area contributed by atoms with Crippen LogP contribution in [0, 0.1) is 0 Å². The first-order valence-electron chi connectivity index (χ1n) is 8.69. The Balaban J connectivity index is 1.45. The average molecular weight is 346 g/mol. The number of carbonyl (C=O) groups excluding carboxylic acids is 1. The van der Waals surface area contributed by atoms with E-state index in [4.69, 9.17) is 4.74 Å². The van der Waals surface area contributed by atoms with Crippen molar-refractivity contribution in [3.05, 3.63) is 28.5 Å². The van der Waals surface area contributed by atoms with Crippen LogP contribution in [0.25, 0.3) is 0 Å². The summed E-state index contributed by atoms with van der Waals surface area (Å²) in [5, 5.41) is 10.6. The number of ether oxygens (including phenoxy) is 1. The summed E-state index contributed by atoms with van der Waals surface area (Å²) in [5.41, 5.74) is 1.47. The number of aromatic nitrogens is 3. The normalized spacial score (nSPS) is 21.9. The minimum atomic E-state index is -0.143. The topological polar surface area (TPSA) is 79.9 Å². The molecule has 7 heteroatoms. The summed E-state index contributed by atoms with van der Waals surface area (Å²) in [6.45, 7) is 1.38. The zero-order valence-corrected chi connectivity index (χ0v) is 14.4. The van der Waals surface area contributed by atoms with Gasteiger partial charge in [0.05, 0.1) is 24.1 Å². The van der Waals surface area contributed by atoms with Crippen molar-refractivity contribution in [2.75, 3.05) is 18.5 Å². The molecule has 24 heavy (non-hydrogen) atoms. The van der Waals surface area contributed by atoms with Gasteiger partial charge in [-0.05, 0) is 25.2 Å². The van der Waals surface area contributed by atoms with Gasteiger partial charge in [-0.25, -0.2) is 4.98 Å². The van der Waals surface area contributed by atoms with E-state index in [2.05, 4.69) is 20.5 Å². The maximum atomic E-state index is 12.6. The number of nitrogens with zero attached hydrogens (tertiary/aromatic N) is 2. The van der Waals surface area contributed by atoms with Gasteiger partial charge >= 0.3 is 0 Å². The van der Waals surface area contributed by atoms with Gasteiger partial charge in [0.1, 0.15) is 0 Å². The van der Waals surface area contributed by atoms with Crippen LogP contribution < -0.4 is 5.32 Å². The first-order valence-corrected chi connectivity index (χ1v) is 9.51. The molecule has 2 aromatic heterocycles. The first kappa shape index (κ1) is 15.8. The van der Waals surface area contributed by atoms with E-state index in [9.17, 15) is 4.79 Å². The summed E-state index contributed by atoms with van der Waals surface area (Å²) < 4.78 is 5.41. The highest BCUT2D eigenvalue weighted by atomic mass is 32.1. The average Bonchev–Trinajstić information content (AvgIpc) is 3.36. The Bertz CT molecular complexity index is 699. The van der Waals surface area contributed by atoms with Crippen LogP contribution in [0.15, 0.2) is 12.4 Å². The van der Waals surface area contributed by atoms with Gasteiger partial charge in [0, 0.05) is 23.6 Å². The molecule has 1 saturated heterocycles. The molecule has 0 bridgehead atoms. The smallest absolute Gasteiger partial charge is 0.260 e. The minimum Gasteiger partial charge on any atom is -0.381 e. The van der Waals surface area contributed by atoms with Crippen molar-refractivity contribution in [3.63, 3.8) is 0 Å². The Labute approximate surface area is 145 Å². The third-order valence-corrected chi connectivity index (χ3v) is 6.08. The maximum absolute atomic E-state index is 12.6. The van der Waals surface area contributed by atoms with E-state index in [1.54, 1.807) is 17.5 Å². The molecule has 1 unspecified atom stereocenters. The van der Waals surface area contributed by atoms with Crippen molar-refractivity contribution in [2.45, 2.75) is 50.4 Å². The van der Waals surface area contributed by atoms with E-state index in [1.807, 2.05) is 6.20 Å². The van der Waals surface area contributed by atoms with Gasteiger partial charge in [0.25, 0.3) is 5.91 Å². The van der Waals surface area contributed by atoms with Gasteiger partial charge in [0.2, 0.25) is 0 Å². The molecule has 4 rings (SSSR count). The molecule has 2 aromatic rings. The summed E-state index contributed by atoms with van der Waals surface area (Å²) in [7, 11) is 0. The van der Waals surface area contributed by atoms with Crippen LogP contribution in [0.4, 0.5) is 5.13 Å². The molecule has 3 heterocycles. The van der Waals surface area contributed by atoms with Crippen LogP contribution >= 0.6 is 11.3 Å². The number of anilines is 1. The zero-order chi connectivity index (χ0) is 16.4. The Kier molecular flexibility index (Phi) is 4.62. The largest absolute Gasteiger partial charge is 0.381 e. The number of H-pyrrole nitrogens is 1. The number of carbonyl (C=O) groups is 1. The summed E-state index contributed by atoms with van der Waals surface area (Å²) in [6.07, 6.45) is 10.9. The van der Waals surface area contributed by atoms with Gasteiger partial charge in [-0.15, -0.1) is 11.3 Å². The number of thiazole rings is 1. The highest BCUT2D eigenvalue weighted by Gasteiger charge is 2.26. The van der Waals surface area contributed by atoms with Gasteiger partial charge in [-0.1, -0.05) is 19.3 Å². The second-order valence-corrected chi connectivity index (χ2v) is 7.68. The zero-order valence-electron chi connectivity index (χ0n) is 13.6. The second-order valence-electron chi connectivity index (χ2n) is 6.61. The van der Waals surface area contributed by atoms with E-state index in [0.717, 1.165) is 18.7 Å². The van der Waals surface area contributed by atoms with E-state index < -0.39 is 0 Å². The Morgan fingerprint density at radius 3 is 2.88 bits per heavy atom. The summed E-state index contributed by atoms with van der Waals surface area (Å²) in [4.78, 5) is 18.3. The molecule has 2 aliphatic rings. The lowest BCUT2D eigenvalue weighted by atomic mass is 9.89. The Morgan fingerprint density at radius 1 is 1.21 bits per heavy atom. The predicted molar refractivity (Wildman–Crippen MR) is 92.7 cm³/mol. The fourth-order valence-electron chi connectivity index (χ4n) is 3.64. The van der Waals surface area contributed by atoms with Crippen LogP contribution in [0.1, 0.15) is 71.3 Å². The van der Waals surface area contributed by atoms with Crippen molar-refractivity contribution in [1.82, 2.24) is 15.2 Å². The molecule has 128 valence electrons. The molecule has 0 spiro atoms. The molecular weight excluding hydrogens is 324 g/mol. The van der Waals surface area contributed by atoms with Gasteiger partial charge in [0.15, 0.2) is 5.13 Å². The quantitative estimate of drug-likeness (QED) is 0.885. The second kappa shape index (κ2) is 7.03. The van der Waals surface area contributed by atoms with Crippen molar-refractivity contribution >= 4 is 22.4 Å². The molecule has 1 amide bonds. The van der Waals surface area contributed by atoms with Crippen molar-refractivity contribution in [1.29, 1.82) is 0 Å². The lowest BCUT2D eigenvalue weighted by molar-refractivity contribution is 0.102. The van der Waals surface area contributed by atoms with Crippen LogP contribution in [0.5, 0.6) is 0 Å². The molecule has 2 N–H and O–H groups in total. The van der Waals surface area contributed by atoms with Gasteiger partial charge in [-0.3, -0.25) is 15.2 Å². The number of hydrogen-bond donors (Lipinski definition) is 2. The summed E-state index contributed by atoms with van der Waals surface area (Å²) in [6, 6.07) is 0. The molecule has 1 saturated carbocycles. The van der Waals surface area contributed by atoms with Crippen molar-refractivity contribution in [2.24, 2.45) is 0 Å². The van der Waals surface area contributed by atoms with Gasteiger partial charge < -0.3 is 4.74 Å². The Morgan fingerprint density at radius 2 is 2.08 bits per heavy atom. The predicted octanol–water partition coefficient (Wildman–Crippen LogP) is 3.67. The fourth-order valence-corrected chi connectivity index (χ4v) is 4.62. The summed E-state index contributed by atoms with van der Waals surface area (Å²) in [5.74, 6) is 0.694. The lowest BCUT2D eigenvalue weighted by Crippen LogP contribution is -2.14. The first-order chi connectivity index (χ1) is 11.8. The van der Waals surface area contributed by atoms with Crippen molar-refractivity contribution in [3.8, 4) is 0 Å². The third kappa shape index (κ3) is 3.23. The van der Waals surface area contributed by atoms with E-state index >= 15 is 0 Å². The highest BCUT2D eigenvalue weighted by Crippen LogP contribution is 2.36. The molecule has 1 atom stereocenters. The fraction of sp³-hybridized carbons (Fsp3) is 0.588. The molecule has 0 aromatic carbocycles. The van der Waals surface area contributed by atoms with Crippen molar-refractivity contribution < 1.29 is 9.53 Å². The van der Waals surface area contributed by atoms with Crippen LogP contribution in [-0.4, -0.2) is 34.3 Å². The third-order valence-electron chi connectivity index (χ3n) is 5.00. The van der Waals surface area contributed by atoms with E-state index in [-0.39, 0.29) is 11.8 Å². The van der Waals surface area contributed by atoms with E-state index in [1.165, 1.54) is 37.0 Å². The minimum absolute atomic E-state index is 0.143. The standard InChI is InChI=1S/C17H22N4O2S/c22-16(13-8-19-21-15(13)12-6-7-23-10-12)20-17-18-9-14(24-17)11-4-2-1-3-5-11/h8-9,11-12H,1-7,10H2,(H,19,21)(H,18,20,22). The van der Waals surface area contributed by atoms with Crippen LogP contribution in [-0.2, 0) is 4.74 Å². The maximum Gasteiger partial charge on any atom is 0.260 e. The number of nitrogens with one attached hydrogen (secondary N) is 2. The molecule has 0 radical (unpaired) electrons. The van der Waals surface area contributed by atoms with E-state index in [0.29, 0.717) is 23.2 Å². The Hall–Kier alpha value is -1.73. The van der Waals surface area contributed by atoms with Gasteiger partial charge in [-0.2, -0.15) is 5.10 Å². The molecule has 2 fully saturated rings. The monoisotopic (exact) mass is 346 g/mol. The van der Waals surface area contributed by atoms with Crippen LogP contribution in [0.3, 0.4) is 0 Å². The number of hydrogen-bond acceptors (Lipinski definition) is 5. The van der Waals surface area contributed by atoms with Crippen LogP contribution in [0.2, 0.25) is 0 Å².